The highest BCUT2D eigenvalue weighted by Crippen LogP contribution is 2.19. The molecule has 120 valence electrons. The normalized spacial score (nSPS) is 18.6. The van der Waals surface area contributed by atoms with Crippen LogP contribution in [0, 0.1) is 5.92 Å². The summed E-state index contributed by atoms with van der Waals surface area (Å²) < 4.78 is 0. The van der Waals surface area contributed by atoms with E-state index in [0.29, 0.717) is 13.0 Å². The van der Waals surface area contributed by atoms with Crippen LogP contribution in [-0.2, 0) is 14.4 Å². The lowest BCUT2D eigenvalue weighted by Gasteiger charge is -2.13. The minimum atomic E-state index is -0.118. The average Bonchev–Trinajstić information content (AvgIpc) is 2.66. The second-order valence-corrected chi connectivity index (χ2v) is 6.27. The fourth-order valence-electron chi connectivity index (χ4n) is 2.79. The molecular formula is C17H29NO3. The van der Waals surface area contributed by atoms with Crippen LogP contribution in [0.4, 0.5) is 0 Å². The van der Waals surface area contributed by atoms with Gasteiger partial charge in [-0.05, 0) is 19.8 Å². The Labute approximate surface area is 128 Å². The molecule has 0 bridgehead atoms. The van der Waals surface area contributed by atoms with Gasteiger partial charge in [0.15, 0.2) is 0 Å². The van der Waals surface area contributed by atoms with Gasteiger partial charge in [0, 0.05) is 25.3 Å². The van der Waals surface area contributed by atoms with Crippen LogP contribution in [0.15, 0.2) is 0 Å². The minimum Gasteiger partial charge on any atom is -0.300 e. The summed E-state index contributed by atoms with van der Waals surface area (Å²) in [6.07, 6.45) is 10.1. The van der Waals surface area contributed by atoms with Crippen LogP contribution >= 0.6 is 0 Å². The Kier molecular flexibility index (Phi) is 8.24. The number of nitrogens with zero attached hydrogens (tertiary/aromatic N) is 1. The van der Waals surface area contributed by atoms with Gasteiger partial charge in [-0.25, -0.2) is 0 Å². The molecule has 0 spiro atoms. The van der Waals surface area contributed by atoms with Gasteiger partial charge >= 0.3 is 0 Å². The van der Waals surface area contributed by atoms with Crippen LogP contribution in [0.2, 0.25) is 0 Å². The molecule has 21 heavy (non-hydrogen) atoms. The van der Waals surface area contributed by atoms with E-state index in [0.717, 1.165) is 32.1 Å². The predicted molar refractivity (Wildman–Crippen MR) is 82.7 cm³/mol. The first-order valence-electron chi connectivity index (χ1n) is 8.36. The molecule has 1 unspecified atom stereocenters. The maximum Gasteiger partial charge on any atom is 0.232 e. The number of unbranched alkanes of at least 4 members (excludes halogenated alkanes) is 7. The van der Waals surface area contributed by atoms with Gasteiger partial charge in [0.1, 0.15) is 5.78 Å². The molecule has 4 heteroatoms. The van der Waals surface area contributed by atoms with Crippen LogP contribution in [-0.4, -0.2) is 29.0 Å². The third-order valence-corrected chi connectivity index (χ3v) is 4.13. The Morgan fingerprint density at radius 2 is 1.52 bits per heavy atom. The summed E-state index contributed by atoms with van der Waals surface area (Å²) in [7, 11) is 0. The Balaban J connectivity index is 1.92. The molecular weight excluding hydrogens is 266 g/mol. The number of carbonyl (C=O) groups is 3. The first-order chi connectivity index (χ1) is 10.0. The fraction of sp³-hybridized carbons (Fsp3) is 0.824. The third-order valence-electron chi connectivity index (χ3n) is 4.13. The maximum absolute atomic E-state index is 11.7. The quantitative estimate of drug-likeness (QED) is 0.433. The molecule has 1 fully saturated rings. The highest BCUT2D eigenvalue weighted by atomic mass is 16.2. The fourth-order valence-corrected chi connectivity index (χ4v) is 2.79. The van der Waals surface area contributed by atoms with E-state index >= 15 is 0 Å². The molecule has 0 N–H and O–H groups in total. The zero-order valence-electron chi connectivity index (χ0n) is 13.5. The first kappa shape index (κ1) is 17.9. The second-order valence-electron chi connectivity index (χ2n) is 6.27. The summed E-state index contributed by atoms with van der Waals surface area (Å²) in [6.45, 7) is 4.07. The summed E-state index contributed by atoms with van der Waals surface area (Å²) in [4.78, 5) is 35.5. The smallest absolute Gasteiger partial charge is 0.232 e. The molecule has 1 aliphatic rings. The monoisotopic (exact) mass is 295 g/mol. The highest BCUT2D eigenvalue weighted by molar-refractivity contribution is 6.03. The van der Waals surface area contributed by atoms with Crippen LogP contribution < -0.4 is 0 Å². The summed E-state index contributed by atoms with van der Waals surface area (Å²) in [5.74, 6) is 0.172. The lowest BCUT2D eigenvalue weighted by molar-refractivity contribution is -0.139. The van der Waals surface area contributed by atoms with Crippen molar-refractivity contribution in [2.75, 3.05) is 6.54 Å². The van der Waals surface area contributed by atoms with Crippen molar-refractivity contribution in [1.82, 2.24) is 4.90 Å². The van der Waals surface area contributed by atoms with Crippen molar-refractivity contribution < 1.29 is 14.4 Å². The van der Waals surface area contributed by atoms with Gasteiger partial charge in [-0.3, -0.25) is 14.5 Å². The van der Waals surface area contributed by atoms with Crippen molar-refractivity contribution in [1.29, 1.82) is 0 Å². The summed E-state index contributed by atoms with van der Waals surface area (Å²) in [6, 6.07) is 0. The molecule has 1 atom stereocenters. The summed E-state index contributed by atoms with van der Waals surface area (Å²) in [5, 5.41) is 0. The number of likely N-dealkylation sites (tertiary alicyclic amines) is 1. The number of rotatable bonds is 11. The molecule has 1 aliphatic heterocycles. The van der Waals surface area contributed by atoms with E-state index < -0.39 is 0 Å². The van der Waals surface area contributed by atoms with Gasteiger partial charge in [0.05, 0.1) is 0 Å². The standard InChI is InChI=1S/C17H29NO3/c1-14-13-16(20)18(17(14)21)12-10-8-6-4-3-5-7-9-11-15(2)19/h14H,3-13H2,1-2H3. The van der Waals surface area contributed by atoms with Gasteiger partial charge in [0.25, 0.3) is 0 Å². The lowest BCUT2D eigenvalue weighted by atomic mass is 10.1. The average molecular weight is 295 g/mol. The molecule has 0 aromatic rings. The van der Waals surface area contributed by atoms with E-state index in [9.17, 15) is 14.4 Å². The van der Waals surface area contributed by atoms with Gasteiger partial charge in [0.2, 0.25) is 11.8 Å². The van der Waals surface area contributed by atoms with Gasteiger partial charge in [-0.15, -0.1) is 0 Å². The molecule has 0 aliphatic carbocycles. The zero-order chi connectivity index (χ0) is 15.7. The lowest BCUT2D eigenvalue weighted by Crippen LogP contribution is -2.31. The van der Waals surface area contributed by atoms with Crippen LogP contribution in [0.3, 0.4) is 0 Å². The van der Waals surface area contributed by atoms with Crippen molar-refractivity contribution in [3.63, 3.8) is 0 Å². The van der Waals surface area contributed by atoms with E-state index in [2.05, 4.69) is 0 Å². The maximum atomic E-state index is 11.7. The summed E-state index contributed by atoms with van der Waals surface area (Å²) >= 11 is 0. The van der Waals surface area contributed by atoms with Crippen molar-refractivity contribution in [2.45, 2.75) is 78.1 Å². The Hall–Kier alpha value is -1.19. The minimum absolute atomic E-state index is 0.00188. The molecule has 0 aromatic carbocycles. The molecule has 2 amide bonds. The van der Waals surface area contributed by atoms with Crippen LogP contribution in [0.5, 0.6) is 0 Å². The summed E-state index contributed by atoms with van der Waals surface area (Å²) in [5.41, 5.74) is 0. The van der Waals surface area contributed by atoms with Crippen LogP contribution in [0.1, 0.15) is 78.1 Å². The molecule has 1 heterocycles. The molecule has 0 saturated carbocycles. The number of Topliss-reactive ketones (excluding diaryl/α,β-unsaturated/α-hetero) is 1. The topological polar surface area (TPSA) is 54.5 Å². The van der Waals surface area contributed by atoms with Crippen molar-refractivity contribution in [3.05, 3.63) is 0 Å². The number of ketones is 1. The van der Waals surface area contributed by atoms with Crippen molar-refractivity contribution in [2.24, 2.45) is 5.92 Å². The SMILES string of the molecule is CC(=O)CCCCCCCCCCN1C(=O)CC(C)C1=O. The van der Waals surface area contributed by atoms with E-state index in [1.807, 2.05) is 6.92 Å². The number of hydrogen-bond acceptors (Lipinski definition) is 3. The molecule has 4 nitrogen and oxygen atoms in total. The predicted octanol–water partition coefficient (Wildman–Crippen LogP) is 3.48. The zero-order valence-corrected chi connectivity index (χ0v) is 13.5. The largest absolute Gasteiger partial charge is 0.300 e. The third kappa shape index (κ3) is 6.87. The Morgan fingerprint density at radius 1 is 1.00 bits per heavy atom. The first-order valence-corrected chi connectivity index (χ1v) is 8.36. The number of carbonyl (C=O) groups excluding carboxylic acids is 3. The van der Waals surface area contributed by atoms with E-state index in [-0.39, 0.29) is 23.5 Å². The van der Waals surface area contributed by atoms with Gasteiger partial charge in [-0.1, -0.05) is 45.4 Å². The van der Waals surface area contributed by atoms with Crippen molar-refractivity contribution >= 4 is 17.6 Å². The number of imide groups is 1. The Morgan fingerprint density at radius 3 is 2.00 bits per heavy atom. The molecule has 1 saturated heterocycles. The Bertz CT molecular complexity index is 365. The van der Waals surface area contributed by atoms with E-state index in [4.69, 9.17) is 0 Å². The van der Waals surface area contributed by atoms with E-state index in [1.165, 1.54) is 30.6 Å². The number of amides is 2. The number of hydrogen-bond donors (Lipinski definition) is 0. The molecule has 0 radical (unpaired) electrons. The van der Waals surface area contributed by atoms with Gasteiger partial charge < -0.3 is 4.79 Å². The van der Waals surface area contributed by atoms with Crippen LogP contribution in [0.25, 0.3) is 0 Å². The highest BCUT2D eigenvalue weighted by Gasteiger charge is 2.34. The molecule has 1 rings (SSSR count). The van der Waals surface area contributed by atoms with E-state index in [1.54, 1.807) is 6.92 Å². The second kappa shape index (κ2) is 9.69. The van der Waals surface area contributed by atoms with Gasteiger partial charge in [-0.2, -0.15) is 0 Å². The molecule has 0 aromatic heterocycles. The van der Waals surface area contributed by atoms with Crippen molar-refractivity contribution in [3.8, 4) is 0 Å².